The normalized spacial score (nSPS) is 43.5. The molecular weight excluding hydrogens is 192 g/mol. The summed E-state index contributed by atoms with van der Waals surface area (Å²) in [6, 6.07) is 0. The standard InChI is InChI=1S/C8H12O6/c9-2-3(10)7-6(12)8-4(13-7)1-5(11)14-8/h3-4,6-10,12H,1-2H2/t3-,4+,6+,7+,8-/m1/s1. The van der Waals surface area contributed by atoms with Crippen LogP contribution in [0.4, 0.5) is 0 Å². The van der Waals surface area contributed by atoms with E-state index in [-0.39, 0.29) is 6.42 Å². The molecular formula is C8H12O6. The average Bonchev–Trinajstić information content (AvgIpc) is 2.64. The molecule has 0 saturated carbocycles. The highest BCUT2D eigenvalue weighted by atomic mass is 16.6. The number of aliphatic hydroxyl groups excluding tert-OH is 3. The van der Waals surface area contributed by atoms with Crippen molar-refractivity contribution in [3.05, 3.63) is 0 Å². The molecule has 0 spiro atoms. The van der Waals surface area contributed by atoms with Crippen molar-refractivity contribution in [3.8, 4) is 0 Å². The fraction of sp³-hybridized carbons (Fsp3) is 0.875. The molecule has 2 rings (SSSR count). The maximum Gasteiger partial charge on any atom is 0.309 e. The van der Waals surface area contributed by atoms with Crippen LogP contribution >= 0.6 is 0 Å². The van der Waals surface area contributed by atoms with Gasteiger partial charge in [0, 0.05) is 0 Å². The molecule has 3 N–H and O–H groups in total. The Hall–Kier alpha value is -0.690. The van der Waals surface area contributed by atoms with Crippen molar-refractivity contribution in [2.75, 3.05) is 6.61 Å². The molecule has 2 saturated heterocycles. The summed E-state index contributed by atoms with van der Waals surface area (Å²) in [6.07, 6.45) is -4.18. The van der Waals surface area contributed by atoms with Crippen molar-refractivity contribution >= 4 is 5.97 Å². The Balaban J connectivity index is 2.05. The van der Waals surface area contributed by atoms with Crippen LogP contribution in [-0.2, 0) is 14.3 Å². The van der Waals surface area contributed by atoms with Crippen molar-refractivity contribution in [2.24, 2.45) is 0 Å². The van der Waals surface area contributed by atoms with Gasteiger partial charge in [0.15, 0.2) is 6.10 Å². The van der Waals surface area contributed by atoms with E-state index >= 15 is 0 Å². The molecule has 0 unspecified atom stereocenters. The summed E-state index contributed by atoms with van der Waals surface area (Å²) in [4.78, 5) is 10.8. The topological polar surface area (TPSA) is 96.2 Å². The van der Waals surface area contributed by atoms with E-state index in [9.17, 15) is 15.0 Å². The predicted molar refractivity (Wildman–Crippen MR) is 42.3 cm³/mol. The van der Waals surface area contributed by atoms with Crippen molar-refractivity contribution in [1.29, 1.82) is 0 Å². The molecule has 0 amide bonds. The molecule has 14 heavy (non-hydrogen) atoms. The maximum absolute atomic E-state index is 10.8. The number of carbonyl (C=O) groups is 1. The highest BCUT2D eigenvalue weighted by molar-refractivity contribution is 5.73. The summed E-state index contributed by atoms with van der Waals surface area (Å²) >= 11 is 0. The van der Waals surface area contributed by atoms with Crippen LogP contribution in [-0.4, -0.2) is 58.4 Å². The van der Waals surface area contributed by atoms with Crippen molar-refractivity contribution < 1.29 is 29.6 Å². The van der Waals surface area contributed by atoms with E-state index in [2.05, 4.69) is 0 Å². The minimum absolute atomic E-state index is 0.0936. The van der Waals surface area contributed by atoms with Gasteiger partial charge in [0.2, 0.25) is 0 Å². The van der Waals surface area contributed by atoms with Gasteiger partial charge < -0.3 is 24.8 Å². The van der Waals surface area contributed by atoms with Crippen LogP contribution in [0.3, 0.4) is 0 Å². The fourth-order valence-corrected chi connectivity index (χ4v) is 1.86. The Morgan fingerprint density at radius 3 is 2.86 bits per heavy atom. The van der Waals surface area contributed by atoms with E-state index in [4.69, 9.17) is 14.6 Å². The summed E-state index contributed by atoms with van der Waals surface area (Å²) in [6.45, 7) is -0.491. The van der Waals surface area contributed by atoms with Gasteiger partial charge in [-0.05, 0) is 0 Å². The monoisotopic (exact) mass is 204 g/mol. The lowest BCUT2D eigenvalue weighted by Gasteiger charge is -2.20. The van der Waals surface area contributed by atoms with Gasteiger partial charge in [-0.15, -0.1) is 0 Å². The molecule has 0 aromatic carbocycles. The highest BCUT2D eigenvalue weighted by Crippen LogP contribution is 2.32. The molecule has 80 valence electrons. The predicted octanol–water partition coefficient (Wildman–Crippen LogP) is -2.22. The summed E-state index contributed by atoms with van der Waals surface area (Å²) in [7, 11) is 0. The molecule has 6 heteroatoms. The second kappa shape index (κ2) is 3.47. The second-order valence-electron chi connectivity index (χ2n) is 3.54. The molecule has 6 nitrogen and oxygen atoms in total. The highest BCUT2D eigenvalue weighted by Gasteiger charge is 2.52. The number of carbonyl (C=O) groups excluding carboxylic acids is 1. The largest absolute Gasteiger partial charge is 0.457 e. The van der Waals surface area contributed by atoms with Gasteiger partial charge in [0.25, 0.3) is 0 Å². The van der Waals surface area contributed by atoms with Crippen LogP contribution in [0.15, 0.2) is 0 Å². The number of rotatable bonds is 2. The average molecular weight is 204 g/mol. The summed E-state index contributed by atoms with van der Waals surface area (Å²) in [5.74, 6) is -0.406. The van der Waals surface area contributed by atoms with Crippen molar-refractivity contribution in [3.63, 3.8) is 0 Å². The SMILES string of the molecule is O=C1C[C@@H]2O[C@@H]([C@H](O)CO)[C@H](O)[C@@H]2O1. The molecule has 2 heterocycles. The molecule has 0 aromatic heterocycles. The minimum atomic E-state index is -1.14. The van der Waals surface area contributed by atoms with E-state index < -0.39 is 43.1 Å². The number of ether oxygens (including phenoxy) is 2. The van der Waals surface area contributed by atoms with Crippen molar-refractivity contribution in [1.82, 2.24) is 0 Å². The zero-order valence-corrected chi connectivity index (χ0v) is 7.37. The van der Waals surface area contributed by atoms with Gasteiger partial charge in [0.1, 0.15) is 24.4 Å². The first-order valence-electron chi connectivity index (χ1n) is 4.45. The summed E-state index contributed by atoms with van der Waals surface area (Å²) < 4.78 is 10.0. The third-order valence-corrected chi connectivity index (χ3v) is 2.57. The van der Waals surface area contributed by atoms with Crippen LogP contribution in [0, 0.1) is 0 Å². The van der Waals surface area contributed by atoms with E-state index in [1.54, 1.807) is 0 Å². The van der Waals surface area contributed by atoms with Gasteiger partial charge in [-0.3, -0.25) is 4.79 Å². The first-order chi connectivity index (χ1) is 6.63. The quantitative estimate of drug-likeness (QED) is 0.441. The smallest absolute Gasteiger partial charge is 0.309 e. The Labute approximate surface area is 80.1 Å². The van der Waals surface area contributed by atoms with Gasteiger partial charge in [-0.1, -0.05) is 0 Å². The molecule has 0 aromatic rings. The first-order valence-corrected chi connectivity index (χ1v) is 4.45. The zero-order valence-electron chi connectivity index (χ0n) is 7.37. The van der Waals surface area contributed by atoms with Gasteiger partial charge in [0.05, 0.1) is 13.0 Å². The van der Waals surface area contributed by atoms with Gasteiger partial charge in [-0.2, -0.15) is 0 Å². The van der Waals surface area contributed by atoms with Crippen LogP contribution in [0.5, 0.6) is 0 Å². The fourth-order valence-electron chi connectivity index (χ4n) is 1.86. The maximum atomic E-state index is 10.8. The lowest BCUT2D eigenvalue weighted by atomic mass is 10.0. The number of hydrogen-bond acceptors (Lipinski definition) is 6. The Morgan fingerprint density at radius 1 is 1.57 bits per heavy atom. The lowest BCUT2D eigenvalue weighted by Crippen LogP contribution is -2.41. The van der Waals surface area contributed by atoms with E-state index in [1.807, 2.05) is 0 Å². The van der Waals surface area contributed by atoms with Crippen LogP contribution < -0.4 is 0 Å². The molecule has 5 atom stereocenters. The third-order valence-electron chi connectivity index (χ3n) is 2.57. The van der Waals surface area contributed by atoms with Crippen molar-refractivity contribution in [2.45, 2.75) is 36.9 Å². The van der Waals surface area contributed by atoms with Crippen LogP contribution in [0.25, 0.3) is 0 Å². The third kappa shape index (κ3) is 1.40. The molecule has 2 aliphatic rings. The summed E-state index contributed by atoms with van der Waals surface area (Å²) in [5.41, 5.74) is 0. The van der Waals surface area contributed by atoms with Gasteiger partial charge >= 0.3 is 5.97 Å². The molecule has 2 aliphatic heterocycles. The van der Waals surface area contributed by atoms with E-state index in [0.717, 1.165) is 0 Å². The number of esters is 1. The van der Waals surface area contributed by atoms with Crippen LogP contribution in [0.1, 0.15) is 6.42 Å². The zero-order chi connectivity index (χ0) is 10.3. The second-order valence-corrected chi connectivity index (χ2v) is 3.54. The molecule has 0 radical (unpaired) electrons. The minimum Gasteiger partial charge on any atom is -0.457 e. The van der Waals surface area contributed by atoms with Gasteiger partial charge in [-0.25, -0.2) is 0 Å². The van der Waals surface area contributed by atoms with E-state index in [1.165, 1.54) is 0 Å². The molecule has 2 fully saturated rings. The summed E-state index contributed by atoms with van der Waals surface area (Å²) in [5, 5.41) is 27.6. The Bertz CT molecular complexity index is 242. The Morgan fingerprint density at radius 2 is 2.29 bits per heavy atom. The van der Waals surface area contributed by atoms with E-state index in [0.29, 0.717) is 0 Å². The number of aliphatic hydroxyl groups is 3. The van der Waals surface area contributed by atoms with Crippen LogP contribution in [0.2, 0.25) is 0 Å². The Kier molecular flexibility index (Phi) is 2.44. The number of fused-ring (bicyclic) bond motifs is 1. The number of hydrogen-bond donors (Lipinski definition) is 3. The molecule has 0 aliphatic carbocycles. The lowest BCUT2D eigenvalue weighted by molar-refractivity contribution is -0.147. The first kappa shape index (κ1) is 9.85. The molecule has 0 bridgehead atoms.